The highest BCUT2D eigenvalue weighted by Gasteiger charge is 2.45. The molecule has 5 aromatic carbocycles. The van der Waals surface area contributed by atoms with Gasteiger partial charge in [0.1, 0.15) is 17.1 Å². The van der Waals surface area contributed by atoms with E-state index < -0.39 is 5.54 Å². The molecule has 6 aromatic rings. The molecule has 47 heavy (non-hydrogen) atoms. The second kappa shape index (κ2) is 13.3. The number of aryl methyl sites for hydroxylation is 1. The summed E-state index contributed by atoms with van der Waals surface area (Å²) in [5, 5.41) is 6.93. The van der Waals surface area contributed by atoms with Crippen molar-refractivity contribution in [3.63, 3.8) is 0 Å². The molecule has 0 saturated carbocycles. The highest BCUT2D eigenvalue weighted by Crippen LogP contribution is 2.41. The molecule has 7 rings (SSSR count). The second-order valence-electron chi connectivity index (χ2n) is 11.6. The summed E-state index contributed by atoms with van der Waals surface area (Å²) in [7, 11) is 0. The molecule has 2 heterocycles. The Morgan fingerprint density at radius 3 is 1.85 bits per heavy atom. The zero-order chi connectivity index (χ0) is 32.1. The topological polar surface area (TPSA) is 74.5 Å². The van der Waals surface area contributed by atoms with Gasteiger partial charge in [-0.1, -0.05) is 146 Å². The SMILES string of the molecule is CCCCc1ncc(C=O)n1-c1ccc(-c2ccccc2)c(C2=NNN(C(c3ccccc3)(c3ccccc3)c3ccccc3)N2)c1. The number of hydrazine groups is 2. The molecule has 2 N–H and O–H groups in total. The fourth-order valence-corrected chi connectivity index (χ4v) is 6.49. The lowest BCUT2D eigenvalue weighted by Crippen LogP contribution is -2.57. The van der Waals surface area contributed by atoms with Crippen LogP contribution in [-0.2, 0) is 12.0 Å². The van der Waals surface area contributed by atoms with Crippen LogP contribution in [-0.4, -0.2) is 26.8 Å². The first kappa shape index (κ1) is 29.9. The minimum atomic E-state index is -0.790. The van der Waals surface area contributed by atoms with Gasteiger partial charge in [-0.3, -0.25) is 14.8 Å². The number of benzene rings is 5. The summed E-state index contributed by atoms with van der Waals surface area (Å²) in [6, 6.07) is 47.9. The number of aromatic nitrogens is 2. The van der Waals surface area contributed by atoms with Crippen LogP contribution in [0.2, 0.25) is 0 Å². The van der Waals surface area contributed by atoms with Crippen molar-refractivity contribution in [3.05, 3.63) is 179 Å². The van der Waals surface area contributed by atoms with E-state index in [1.807, 2.05) is 46.1 Å². The van der Waals surface area contributed by atoms with Gasteiger partial charge in [-0.25, -0.2) is 10.5 Å². The summed E-state index contributed by atoms with van der Waals surface area (Å²) in [5.74, 6) is 1.52. The molecule has 0 atom stereocenters. The molecule has 0 unspecified atom stereocenters. The molecule has 0 amide bonds. The molecule has 232 valence electrons. The van der Waals surface area contributed by atoms with Gasteiger partial charge in [0.15, 0.2) is 12.1 Å². The number of carbonyl (C=O) groups excluding carboxylic acids is 1. The third-order valence-electron chi connectivity index (χ3n) is 8.73. The predicted molar refractivity (Wildman–Crippen MR) is 187 cm³/mol. The molecule has 7 nitrogen and oxygen atoms in total. The number of hydrogen-bond donors (Lipinski definition) is 2. The lowest BCUT2D eigenvalue weighted by molar-refractivity contribution is 0.0761. The number of unbranched alkanes of at least 4 members (excludes halogenated alkanes) is 1. The number of rotatable bonds is 11. The molecule has 0 radical (unpaired) electrons. The highest BCUT2D eigenvalue weighted by molar-refractivity contribution is 6.05. The maximum Gasteiger partial charge on any atom is 0.171 e. The van der Waals surface area contributed by atoms with Crippen molar-refractivity contribution in [2.45, 2.75) is 31.7 Å². The Bertz CT molecular complexity index is 1890. The van der Waals surface area contributed by atoms with Gasteiger partial charge in [0, 0.05) is 17.7 Å². The maximum atomic E-state index is 12.2. The molecule has 0 fully saturated rings. The number of carbonyl (C=O) groups is 1. The quantitative estimate of drug-likeness (QED) is 0.115. The average molecular weight is 617 g/mol. The second-order valence-corrected chi connectivity index (χ2v) is 11.6. The minimum absolute atomic E-state index is 0.520. The first-order valence-corrected chi connectivity index (χ1v) is 16.0. The van der Waals surface area contributed by atoms with Gasteiger partial charge >= 0.3 is 0 Å². The van der Waals surface area contributed by atoms with Crippen LogP contribution < -0.4 is 11.0 Å². The van der Waals surface area contributed by atoms with E-state index in [1.165, 1.54) is 0 Å². The van der Waals surface area contributed by atoms with E-state index in [2.05, 4.69) is 126 Å². The van der Waals surface area contributed by atoms with E-state index in [4.69, 9.17) is 5.10 Å². The Hall–Kier alpha value is -5.79. The van der Waals surface area contributed by atoms with Gasteiger partial charge in [-0.05, 0) is 46.4 Å². The van der Waals surface area contributed by atoms with E-state index in [1.54, 1.807) is 6.20 Å². The molecule has 7 heteroatoms. The van der Waals surface area contributed by atoms with Crippen LogP contribution in [0, 0.1) is 0 Å². The Balaban J connectivity index is 1.38. The average Bonchev–Trinajstić information content (AvgIpc) is 3.81. The fraction of sp³-hybridized carbons (Fsp3) is 0.125. The number of nitrogens with zero attached hydrogens (tertiary/aromatic N) is 4. The zero-order valence-electron chi connectivity index (χ0n) is 26.3. The summed E-state index contributed by atoms with van der Waals surface area (Å²) in [4.78, 5) is 16.8. The van der Waals surface area contributed by atoms with E-state index in [0.717, 1.165) is 70.4 Å². The standard InChI is InChI=1S/C40H36N6O/c1-2-3-24-38-41-28-35(29-47)45(38)34-25-26-36(30-16-8-4-9-17-30)37(27-34)39-42-44-46(43-39)40(31-18-10-5-11-19-31,32-20-12-6-13-21-32)33-22-14-7-15-23-33/h4-23,25-29,44H,2-3,24H2,1H3,(H,42,43). The van der Waals surface area contributed by atoms with Crippen molar-refractivity contribution >= 4 is 12.1 Å². The third-order valence-corrected chi connectivity index (χ3v) is 8.73. The van der Waals surface area contributed by atoms with E-state index in [-0.39, 0.29) is 0 Å². The predicted octanol–water partition coefficient (Wildman–Crippen LogP) is 7.67. The Morgan fingerprint density at radius 1 is 0.723 bits per heavy atom. The molecule has 0 spiro atoms. The van der Waals surface area contributed by atoms with E-state index in [9.17, 15) is 4.79 Å². The number of amidine groups is 1. The molecule has 0 aliphatic carbocycles. The molecule has 1 aromatic heterocycles. The van der Waals surface area contributed by atoms with Crippen molar-refractivity contribution in [1.29, 1.82) is 0 Å². The van der Waals surface area contributed by atoms with Crippen LogP contribution >= 0.6 is 0 Å². The molecule has 0 saturated heterocycles. The maximum absolute atomic E-state index is 12.2. The molecule has 1 aliphatic heterocycles. The number of hydrazone groups is 1. The van der Waals surface area contributed by atoms with Gasteiger partial charge in [-0.15, -0.1) is 5.10 Å². The summed E-state index contributed by atoms with van der Waals surface area (Å²) in [6.45, 7) is 2.16. The van der Waals surface area contributed by atoms with Crippen molar-refractivity contribution in [1.82, 2.24) is 25.6 Å². The fourth-order valence-electron chi connectivity index (χ4n) is 6.49. The van der Waals surface area contributed by atoms with Gasteiger partial charge in [-0.2, -0.15) is 0 Å². The lowest BCUT2D eigenvalue weighted by Gasteiger charge is -2.42. The third kappa shape index (κ3) is 5.51. The first-order valence-electron chi connectivity index (χ1n) is 16.0. The van der Waals surface area contributed by atoms with Crippen LogP contribution in [0.5, 0.6) is 0 Å². The Morgan fingerprint density at radius 2 is 1.30 bits per heavy atom. The Kier molecular flexibility index (Phi) is 8.45. The summed E-state index contributed by atoms with van der Waals surface area (Å²) < 4.78 is 1.96. The van der Waals surface area contributed by atoms with Crippen LogP contribution in [0.4, 0.5) is 0 Å². The van der Waals surface area contributed by atoms with Gasteiger partial charge < -0.3 is 0 Å². The van der Waals surface area contributed by atoms with Crippen molar-refractivity contribution < 1.29 is 4.79 Å². The molecule has 1 aliphatic rings. The normalized spacial score (nSPS) is 13.1. The number of imidazole rings is 1. The smallest absolute Gasteiger partial charge is 0.171 e. The minimum Gasteiger partial charge on any atom is -0.296 e. The van der Waals surface area contributed by atoms with Crippen molar-refractivity contribution in [2.24, 2.45) is 5.10 Å². The number of aldehydes is 1. The largest absolute Gasteiger partial charge is 0.296 e. The molecular weight excluding hydrogens is 580 g/mol. The molecule has 0 bridgehead atoms. The Labute approximate surface area is 275 Å². The number of hydrogen-bond acceptors (Lipinski definition) is 6. The molecular formula is C40H36N6O. The van der Waals surface area contributed by atoms with Crippen LogP contribution in [0.25, 0.3) is 16.8 Å². The summed E-state index contributed by atoms with van der Waals surface area (Å²) in [5.41, 5.74) is 13.8. The summed E-state index contributed by atoms with van der Waals surface area (Å²) in [6.07, 6.45) is 5.33. The first-order chi connectivity index (χ1) is 23.2. The highest BCUT2D eigenvalue weighted by atomic mass is 16.1. The van der Waals surface area contributed by atoms with Crippen molar-refractivity contribution in [2.75, 3.05) is 0 Å². The van der Waals surface area contributed by atoms with Crippen LogP contribution in [0.3, 0.4) is 0 Å². The van der Waals surface area contributed by atoms with E-state index >= 15 is 0 Å². The lowest BCUT2D eigenvalue weighted by atomic mass is 9.77. The monoisotopic (exact) mass is 616 g/mol. The van der Waals surface area contributed by atoms with Gasteiger partial charge in [0.25, 0.3) is 0 Å². The van der Waals surface area contributed by atoms with Crippen LogP contribution in [0.15, 0.2) is 151 Å². The van der Waals surface area contributed by atoms with Crippen LogP contribution in [0.1, 0.15) is 58.3 Å². The van der Waals surface area contributed by atoms with Crippen molar-refractivity contribution in [3.8, 4) is 16.8 Å². The van der Waals surface area contributed by atoms with E-state index in [0.29, 0.717) is 11.5 Å². The zero-order valence-corrected chi connectivity index (χ0v) is 26.3. The van der Waals surface area contributed by atoms with Gasteiger partial charge in [0.05, 0.1) is 6.20 Å². The summed E-state index contributed by atoms with van der Waals surface area (Å²) >= 11 is 0. The number of nitrogens with one attached hydrogen (secondary N) is 2. The van der Waals surface area contributed by atoms with Gasteiger partial charge in [0.2, 0.25) is 0 Å².